The molecule has 0 atom stereocenters. The Morgan fingerprint density at radius 2 is 1.80 bits per heavy atom. The molecule has 2 aliphatic heterocycles. The number of aromatic nitrogens is 3. The van der Waals surface area contributed by atoms with E-state index in [4.69, 9.17) is 4.74 Å². The van der Waals surface area contributed by atoms with E-state index in [-0.39, 0.29) is 23.4 Å². The van der Waals surface area contributed by atoms with E-state index in [1.165, 1.54) is 6.07 Å². The molecule has 4 heterocycles. The van der Waals surface area contributed by atoms with Crippen molar-refractivity contribution in [3.05, 3.63) is 59.8 Å². The fourth-order valence-corrected chi connectivity index (χ4v) is 5.12. The summed E-state index contributed by atoms with van der Waals surface area (Å²) in [4.78, 5) is 33.5. The van der Waals surface area contributed by atoms with Crippen LogP contribution in [0.15, 0.2) is 36.7 Å². The summed E-state index contributed by atoms with van der Waals surface area (Å²) in [6.45, 7) is 8.29. The molecule has 2 aliphatic rings. The molecule has 0 saturated carbocycles. The number of rotatable bonds is 7. The Bertz CT molecular complexity index is 1360. The van der Waals surface area contributed by atoms with Crippen molar-refractivity contribution in [2.45, 2.75) is 26.3 Å². The van der Waals surface area contributed by atoms with Gasteiger partial charge in [-0.3, -0.25) is 9.78 Å². The van der Waals surface area contributed by atoms with E-state index in [9.17, 15) is 13.6 Å². The maximum atomic E-state index is 15.0. The van der Waals surface area contributed by atoms with Crippen LogP contribution in [0.1, 0.15) is 25.4 Å². The van der Waals surface area contributed by atoms with Crippen molar-refractivity contribution in [3.63, 3.8) is 0 Å². The number of halogens is 2. The van der Waals surface area contributed by atoms with Gasteiger partial charge < -0.3 is 24.3 Å². The van der Waals surface area contributed by atoms with Gasteiger partial charge in [0.05, 0.1) is 43.3 Å². The maximum Gasteiger partial charge on any atom is 0.236 e. The summed E-state index contributed by atoms with van der Waals surface area (Å²) >= 11 is 0. The standard InChI is InChI=1S/C29H35F2N7O2/c1-19(2)38-11-12-40-29-23(30)13-20(14-25(29)38)28-24(31)17-33-26(34-28)15-21-5-6-22(16-32-21)36-7-9-37(10-8-36)27(39)18-35(3)4/h5-6,13-14,16-17,19H,7-12,15,18H2,1-4H3. The average Bonchev–Trinajstić information content (AvgIpc) is 2.94. The molecule has 5 rings (SSSR count). The monoisotopic (exact) mass is 551 g/mol. The average molecular weight is 552 g/mol. The third-order valence-electron chi connectivity index (χ3n) is 7.20. The Kier molecular flexibility index (Phi) is 8.11. The predicted octanol–water partition coefficient (Wildman–Crippen LogP) is 3.23. The Balaban J connectivity index is 1.29. The van der Waals surface area contributed by atoms with Crippen LogP contribution in [0.2, 0.25) is 0 Å². The highest BCUT2D eigenvalue weighted by Crippen LogP contribution is 2.39. The molecule has 0 radical (unpaired) electrons. The van der Waals surface area contributed by atoms with Gasteiger partial charge in [0.15, 0.2) is 17.4 Å². The lowest BCUT2D eigenvalue weighted by molar-refractivity contribution is -0.132. The summed E-state index contributed by atoms with van der Waals surface area (Å²) in [5.74, 6) is -0.454. The van der Waals surface area contributed by atoms with Gasteiger partial charge in [0.1, 0.15) is 18.1 Å². The van der Waals surface area contributed by atoms with Gasteiger partial charge in [-0.1, -0.05) is 0 Å². The minimum atomic E-state index is -0.623. The lowest BCUT2D eigenvalue weighted by atomic mass is 10.1. The van der Waals surface area contributed by atoms with Crippen molar-refractivity contribution in [2.24, 2.45) is 0 Å². The third-order valence-corrected chi connectivity index (χ3v) is 7.20. The molecule has 40 heavy (non-hydrogen) atoms. The molecule has 0 N–H and O–H groups in total. The van der Waals surface area contributed by atoms with Crippen LogP contribution in [0.3, 0.4) is 0 Å². The molecule has 1 fully saturated rings. The SMILES string of the molecule is CC(C)N1CCOc2c(F)cc(-c3nc(Cc4ccc(N5CCN(C(=O)CN(C)C)CC5)cn4)ncc3F)cc21. The highest BCUT2D eigenvalue weighted by atomic mass is 19.1. The Hall–Kier alpha value is -3.86. The maximum absolute atomic E-state index is 15.0. The van der Waals surface area contributed by atoms with E-state index in [1.807, 2.05) is 54.8 Å². The van der Waals surface area contributed by atoms with E-state index in [0.717, 1.165) is 30.7 Å². The number of piperazine rings is 1. The Morgan fingerprint density at radius 3 is 2.48 bits per heavy atom. The van der Waals surface area contributed by atoms with E-state index in [0.29, 0.717) is 56.3 Å². The van der Waals surface area contributed by atoms with Crippen LogP contribution in [0.4, 0.5) is 20.2 Å². The van der Waals surface area contributed by atoms with E-state index in [1.54, 1.807) is 12.3 Å². The first-order valence-electron chi connectivity index (χ1n) is 13.6. The number of ether oxygens (including phenoxy) is 1. The zero-order chi connectivity index (χ0) is 28.4. The van der Waals surface area contributed by atoms with E-state index < -0.39 is 11.6 Å². The molecule has 0 spiro atoms. The zero-order valence-corrected chi connectivity index (χ0v) is 23.4. The van der Waals surface area contributed by atoms with Crippen molar-refractivity contribution in [3.8, 4) is 17.0 Å². The van der Waals surface area contributed by atoms with Gasteiger partial charge in [-0.2, -0.15) is 0 Å². The van der Waals surface area contributed by atoms with Crippen LogP contribution in [0.5, 0.6) is 5.75 Å². The molecule has 0 aliphatic carbocycles. The molecule has 0 bridgehead atoms. The fraction of sp³-hybridized carbons (Fsp3) is 0.448. The largest absolute Gasteiger partial charge is 0.486 e. The van der Waals surface area contributed by atoms with Crippen molar-refractivity contribution >= 4 is 17.3 Å². The van der Waals surface area contributed by atoms with Crippen LogP contribution in [0.25, 0.3) is 11.3 Å². The van der Waals surface area contributed by atoms with E-state index in [2.05, 4.69) is 19.9 Å². The number of amides is 1. The molecular formula is C29H35F2N7O2. The van der Waals surface area contributed by atoms with Crippen molar-refractivity contribution in [1.29, 1.82) is 0 Å². The number of hydrogen-bond donors (Lipinski definition) is 0. The zero-order valence-electron chi connectivity index (χ0n) is 23.4. The predicted molar refractivity (Wildman–Crippen MR) is 150 cm³/mol. The summed E-state index contributed by atoms with van der Waals surface area (Å²) in [5, 5.41) is 0. The van der Waals surface area contributed by atoms with Gasteiger partial charge in [-0.25, -0.2) is 18.7 Å². The lowest BCUT2D eigenvalue weighted by Gasteiger charge is -2.36. The molecule has 3 aromatic rings. The second kappa shape index (κ2) is 11.7. The molecule has 2 aromatic heterocycles. The van der Waals surface area contributed by atoms with Crippen molar-refractivity contribution < 1.29 is 18.3 Å². The second-order valence-corrected chi connectivity index (χ2v) is 10.7. The number of carbonyl (C=O) groups is 1. The van der Waals surface area contributed by atoms with Crippen molar-refractivity contribution in [2.75, 3.05) is 69.8 Å². The number of fused-ring (bicyclic) bond motifs is 1. The lowest BCUT2D eigenvalue weighted by Crippen LogP contribution is -2.50. The van der Waals surface area contributed by atoms with Crippen LogP contribution >= 0.6 is 0 Å². The first-order valence-corrected chi connectivity index (χ1v) is 13.6. The summed E-state index contributed by atoms with van der Waals surface area (Å²) in [5.41, 5.74) is 2.68. The molecule has 1 saturated heterocycles. The van der Waals surface area contributed by atoms with Crippen molar-refractivity contribution in [1.82, 2.24) is 24.8 Å². The fourth-order valence-electron chi connectivity index (χ4n) is 5.12. The quantitative estimate of drug-likeness (QED) is 0.443. The molecule has 9 nitrogen and oxygen atoms in total. The van der Waals surface area contributed by atoms with Gasteiger partial charge >= 0.3 is 0 Å². The summed E-state index contributed by atoms with van der Waals surface area (Å²) < 4.78 is 35.4. The number of pyridine rings is 1. The molecule has 212 valence electrons. The van der Waals surface area contributed by atoms with Gasteiger partial charge in [0.2, 0.25) is 5.91 Å². The number of hydrogen-bond acceptors (Lipinski definition) is 8. The Morgan fingerprint density at radius 1 is 1.02 bits per heavy atom. The van der Waals surface area contributed by atoms with Gasteiger partial charge in [-0.05, 0) is 52.2 Å². The summed E-state index contributed by atoms with van der Waals surface area (Å²) in [7, 11) is 3.78. The van der Waals surface area contributed by atoms with Crippen LogP contribution in [-0.4, -0.2) is 96.7 Å². The van der Waals surface area contributed by atoms with Gasteiger partial charge in [0.25, 0.3) is 0 Å². The molecule has 0 unspecified atom stereocenters. The van der Waals surface area contributed by atoms with Crippen LogP contribution < -0.4 is 14.5 Å². The Labute approximate surface area is 233 Å². The molecular weight excluding hydrogens is 516 g/mol. The van der Waals surface area contributed by atoms with Crippen LogP contribution in [0, 0.1) is 11.6 Å². The normalized spacial score (nSPS) is 15.4. The molecule has 1 amide bonds. The smallest absolute Gasteiger partial charge is 0.236 e. The number of benzene rings is 1. The second-order valence-electron chi connectivity index (χ2n) is 10.7. The number of anilines is 2. The van der Waals surface area contributed by atoms with Gasteiger partial charge in [-0.15, -0.1) is 0 Å². The number of carbonyl (C=O) groups excluding carboxylic acids is 1. The minimum absolute atomic E-state index is 0.0410. The summed E-state index contributed by atoms with van der Waals surface area (Å²) in [6.07, 6.45) is 3.22. The molecule has 1 aromatic carbocycles. The van der Waals surface area contributed by atoms with E-state index >= 15 is 0 Å². The first kappa shape index (κ1) is 27.7. The minimum Gasteiger partial charge on any atom is -0.486 e. The highest BCUT2D eigenvalue weighted by Gasteiger charge is 2.26. The molecule has 11 heteroatoms. The summed E-state index contributed by atoms with van der Waals surface area (Å²) in [6, 6.07) is 7.02. The first-order chi connectivity index (χ1) is 19.2. The number of likely N-dealkylation sites (N-methyl/N-ethyl adjacent to an activating group) is 1. The van der Waals surface area contributed by atoms with Gasteiger partial charge in [0, 0.05) is 43.5 Å². The third kappa shape index (κ3) is 5.99. The highest BCUT2D eigenvalue weighted by molar-refractivity contribution is 5.78. The topological polar surface area (TPSA) is 77.9 Å². The number of nitrogens with zero attached hydrogens (tertiary/aromatic N) is 7. The van der Waals surface area contributed by atoms with Crippen LogP contribution in [-0.2, 0) is 11.2 Å².